The second-order valence-electron chi connectivity index (χ2n) is 5.98. The monoisotopic (exact) mass is 365 g/mol. The van der Waals surface area contributed by atoms with Crippen LogP contribution >= 0.6 is 0 Å². The van der Waals surface area contributed by atoms with Crippen LogP contribution in [0.3, 0.4) is 0 Å². The summed E-state index contributed by atoms with van der Waals surface area (Å²) in [7, 11) is -5.41. The molecule has 5 nitrogen and oxygen atoms in total. The summed E-state index contributed by atoms with van der Waals surface area (Å²) in [6.07, 6.45) is 1.27. The van der Waals surface area contributed by atoms with E-state index in [9.17, 15) is 21.6 Å². The average Bonchev–Trinajstić information content (AvgIpc) is 2.54. The van der Waals surface area contributed by atoms with Crippen molar-refractivity contribution in [1.82, 2.24) is 0 Å². The Kier molecular flexibility index (Phi) is 4.52. The quantitative estimate of drug-likeness (QED) is 0.805. The Hall–Kier alpha value is -1.32. The van der Waals surface area contributed by atoms with Crippen molar-refractivity contribution in [3.05, 3.63) is 24.3 Å². The van der Waals surface area contributed by atoms with Crippen molar-refractivity contribution in [2.75, 3.05) is 37.8 Å². The van der Waals surface area contributed by atoms with Crippen LogP contribution < -0.4 is 4.90 Å². The molecule has 2 heterocycles. The summed E-state index contributed by atoms with van der Waals surface area (Å²) in [4.78, 5) is 0.967. The molecule has 1 spiro atoms. The number of rotatable bonds is 2. The smallest absolute Gasteiger partial charge is 0.381 e. The van der Waals surface area contributed by atoms with E-state index in [1.807, 2.05) is 0 Å². The molecule has 24 heavy (non-hydrogen) atoms. The van der Waals surface area contributed by atoms with E-state index in [2.05, 4.69) is 0 Å². The summed E-state index contributed by atoms with van der Waals surface area (Å²) in [5.41, 5.74) is -5.75. The van der Waals surface area contributed by atoms with Crippen molar-refractivity contribution in [1.29, 1.82) is 0 Å². The highest BCUT2D eigenvalue weighted by Crippen LogP contribution is 2.38. The summed E-state index contributed by atoms with van der Waals surface area (Å²) in [5, 5.41) is 0. The minimum atomic E-state index is -5.41. The number of ether oxygens (including phenoxy) is 2. The first-order chi connectivity index (χ1) is 11.3. The minimum Gasteiger partial charge on any atom is -0.381 e. The Labute approximate surface area is 138 Å². The first-order valence-corrected chi connectivity index (χ1v) is 9.11. The maximum atomic E-state index is 13.0. The molecule has 2 fully saturated rings. The van der Waals surface area contributed by atoms with Crippen molar-refractivity contribution in [2.24, 2.45) is 0 Å². The molecule has 0 unspecified atom stereocenters. The molecule has 134 valence electrons. The van der Waals surface area contributed by atoms with Gasteiger partial charge >= 0.3 is 5.51 Å². The SMILES string of the molecule is O=S(=O)(c1ccccc1N1CCOC2(CCOCC2)C1)C(F)(F)F. The zero-order valence-electron chi connectivity index (χ0n) is 12.9. The van der Waals surface area contributed by atoms with Gasteiger partial charge in [-0.25, -0.2) is 8.42 Å². The molecule has 0 saturated carbocycles. The van der Waals surface area contributed by atoms with Crippen LogP contribution in [0.1, 0.15) is 12.8 Å². The van der Waals surface area contributed by atoms with Gasteiger partial charge in [0.05, 0.1) is 22.8 Å². The second-order valence-corrected chi connectivity index (χ2v) is 7.89. The molecule has 1 aromatic rings. The molecule has 9 heteroatoms. The molecule has 1 aromatic carbocycles. The topological polar surface area (TPSA) is 55.8 Å². The van der Waals surface area contributed by atoms with Gasteiger partial charge in [-0.15, -0.1) is 0 Å². The molecule has 0 bridgehead atoms. The number of morpholine rings is 1. The van der Waals surface area contributed by atoms with Crippen molar-refractivity contribution in [3.8, 4) is 0 Å². The minimum absolute atomic E-state index is 0.0731. The predicted octanol–water partition coefficient (Wildman–Crippen LogP) is 2.37. The second kappa shape index (κ2) is 6.20. The van der Waals surface area contributed by atoms with E-state index in [0.29, 0.717) is 45.8 Å². The van der Waals surface area contributed by atoms with Crippen LogP contribution in [0.15, 0.2) is 29.2 Å². The molecular formula is C15H18F3NO4S. The summed E-state index contributed by atoms with van der Waals surface area (Å²) in [6.45, 7) is 2.07. The van der Waals surface area contributed by atoms with Gasteiger partial charge in [-0.1, -0.05) is 12.1 Å². The summed E-state index contributed by atoms with van der Waals surface area (Å²) >= 11 is 0. The van der Waals surface area contributed by atoms with E-state index in [1.54, 1.807) is 4.90 Å². The van der Waals surface area contributed by atoms with E-state index in [0.717, 1.165) is 6.07 Å². The third kappa shape index (κ3) is 3.12. The molecule has 3 rings (SSSR count). The molecular weight excluding hydrogens is 347 g/mol. The van der Waals surface area contributed by atoms with Crippen molar-refractivity contribution >= 4 is 15.5 Å². The normalized spacial score (nSPS) is 21.9. The maximum Gasteiger partial charge on any atom is 0.501 e. The third-order valence-corrected chi connectivity index (χ3v) is 5.99. The number of sulfone groups is 1. The van der Waals surface area contributed by atoms with Crippen LogP contribution in [0.5, 0.6) is 0 Å². The number of halogens is 3. The van der Waals surface area contributed by atoms with E-state index in [4.69, 9.17) is 9.47 Å². The molecule has 0 aliphatic carbocycles. The van der Waals surface area contributed by atoms with Gasteiger partial charge in [0.25, 0.3) is 9.84 Å². The number of para-hydroxylation sites is 1. The van der Waals surface area contributed by atoms with E-state index < -0.39 is 25.8 Å². The molecule has 0 amide bonds. The van der Waals surface area contributed by atoms with Crippen LogP contribution in [0.4, 0.5) is 18.9 Å². The zero-order valence-corrected chi connectivity index (χ0v) is 13.7. The van der Waals surface area contributed by atoms with Gasteiger partial charge in [0, 0.05) is 39.1 Å². The Morgan fingerprint density at radius 1 is 1.08 bits per heavy atom. The highest BCUT2D eigenvalue weighted by Gasteiger charge is 2.49. The van der Waals surface area contributed by atoms with E-state index in [1.165, 1.54) is 18.2 Å². The predicted molar refractivity (Wildman–Crippen MR) is 80.6 cm³/mol. The lowest BCUT2D eigenvalue weighted by molar-refractivity contribution is -0.116. The number of hydrogen-bond acceptors (Lipinski definition) is 5. The summed E-state index contributed by atoms with van der Waals surface area (Å²) < 4.78 is 73.8. The van der Waals surface area contributed by atoms with Crippen LogP contribution in [0.2, 0.25) is 0 Å². The van der Waals surface area contributed by atoms with Crippen LogP contribution in [0, 0.1) is 0 Å². The lowest BCUT2D eigenvalue weighted by Gasteiger charge is -2.46. The number of benzene rings is 1. The fourth-order valence-electron chi connectivity index (χ4n) is 3.17. The number of anilines is 1. The zero-order chi connectivity index (χ0) is 17.4. The van der Waals surface area contributed by atoms with Gasteiger partial charge in [0.2, 0.25) is 0 Å². The standard InChI is InChI=1S/C15H18F3NO4S/c16-15(17,18)24(20,21)13-4-2-1-3-12(13)19-7-10-23-14(11-19)5-8-22-9-6-14/h1-4H,5-11H2. The molecule has 0 radical (unpaired) electrons. The number of alkyl halides is 3. The third-order valence-electron chi connectivity index (χ3n) is 4.45. The highest BCUT2D eigenvalue weighted by molar-refractivity contribution is 7.92. The lowest BCUT2D eigenvalue weighted by atomic mass is 9.92. The first kappa shape index (κ1) is 17.5. The number of nitrogens with zero attached hydrogens (tertiary/aromatic N) is 1. The Morgan fingerprint density at radius 2 is 1.75 bits per heavy atom. The van der Waals surface area contributed by atoms with Crippen LogP contribution in [0.25, 0.3) is 0 Å². The van der Waals surface area contributed by atoms with Gasteiger partial charge in [-0.3, -0.25) is 0 Å². The van der Waals surface area contributed by atoms with E-state index in [-0.39, 0.29) is 5.69 Å². The molecule has 2 saturated heterocycles. The van der Waals surface area contributed by atoms with Crippen molar-refractivity contribution in [2.45, 2.75) is 28.8 Å². The lowest BCUT2D eigenvalue weighted by Crippen LogP contribution is -2.54. The molecule has 2 aliphatic heterocycles. The molecule has 0 atom stereocenters. The van der Waals surface area contributed by atoms with Gasteiger partial charge in [0.1, 0.15) is 0 Å². The van der Waals surface area contributed by atoms with E-state index >= 15 is 0 Å². The molecule has 2 aliphatic rings. The summed E-state index contributed by atoms with van der Waals surface area (Å²) in [6, 6.07) is 5.25. The Morgan fingerprint density at radius 3 is 2.42 bits per heavy atom. The fraction of sp³-hybridized carbons (Fsp3) is 0.600. The highest BCUT2D eigenvalue weighted by atomic mass is 32.2. The largest absolute Gasteiger partial charge is 0.501 e. The molecule has 0 N–H and O–H groups in total. The summed E-state index contributed by atoms with van der Waals surface area (Å²) in [5.74, 6) is 0. The van der Waals surface area contributed by atoms with Gasteiger partial charge in [-0.05, 0) is 12.1 Å². The van der Waals surface area contributed by atoms with Crippen molar-refractivity contribution < 1.29 is 31.1 Å². The first-order valence-electron chi connectivity index (χ1n) is 7.62. The fourth-order valence-corrected chi connectivity index (χ4v) is 4.15. The van der Waals surface area contributed by atoms with Gasteiger partial charge in [-0.2, -0.15) is 13.2 Å². The number of hydrogen-bond donors (Lipinski definition) is 0. The van der Waals surface area contributed by atoms with Crippen molar-refractivity contribution in [3.63, 3.8) is 0 Å². The van der Waals surface area contributed by atoms with Crippen LogP contribution in [-0.2, 0) is 19.3 Å². The van der Waals surface area contributed by atoms with Gasteiger partial charge < -0.3 is 14.4 Å². The van der Waals surface area contributed by atoms with Gasteiger partial charge in [0.15, 0.2) is 0 Å². The maximum absolute atomic E-state index is 13.0. The Bertz CT molecular complexity index is 693. The molecule has 0 aromatic heterocycles. The average molecular weight is 365 g/mol. The van der Waals surface area contributed by atoms with Crippen LogP contribution in [-0.4, -0.2) is 52.4 Å². The Balaban J connectivity index is 1.95.